The number of nitrogens with two attached hydrogens (primary N) is 1. The van der Waals surface area contributed by atoms with Gasteiger partial charge in [0, 0.05) is 18.4 Å². The molecule has 0 aromatic carbocycles. The van der Waals surface area contributed by atoms with E-state index < -0.39 is 0 Å². The van der Waals surface area contributed by atoms with E-state index in [-0.39, 0.29) is 0 Å². The van der Waals surface area contributed by atoms with E-state index in [4.69, 9.17) is 10.7 Å². The highest BCUT2D eigenvalue weighted by Crippen LogP contribution is 2.34. The lowest BCUT2D eigenvalue weighted by Crippen LogP contribution is -2.22. The predicted molar refractivity (Wildman–Crippen MR) is 68.9 cm³/mol. The molecule has 0 saturated carbocycles. The topological polar surface area (TPSA) is 43.3 Å². The molecule has 2 heterocycles. The number of aromatic nitrogens is 2. The molecule has 17 heavy (non-hydrogen) atoms. The van der Waals surface area contributed by atoms with Crippen LogP contribution in [0.5, 0.6) is 0 Å². The Morgan fingerprint density at radius 3 is 3.00 bits per heavy atom. The van der Waals surface area contributed by atoms with Crippen LogP contribution >= 0.6 is 0 Å². The average Bonchev–Trinajstić information content (AvgIpc) is 2.65. The van der Waals surface area contributed by atoms with Crippen LogP contribution in [-0.4, -0.2) is 9.38 Å². The van der Waals surface area contributed by atoms with Crippen LogP contribution in [-0.2, 0) is 19.4 Å². The highest BCUT2D eigenvalue weighted by atomic mass is 15.0. The van der Waals surface area contributed by atoms with Crippen molar-refractivity contribution < 1.29 is 0 Å². The van der Waals surface area contributed by atoms with Gasteiger partial charge in [-0.3, -0.25) is 0 Å². The molecule has 1 aliphatic rings. The van der Waals surface area contributed by atoms with Crippen molar-refractivity contribution in [3.63, 3.8) is 0 Å². The van der Waals surface area contributed by atoms with E-state index in [9.17, 15) is 0 Å². The van der Waals surface area contributed by atoms with Crippen molar-refractivity contribution in [1.29, 1.82) is 0 Å². The summed E-state index contributed by atoms with van der Waals surface area (Å²) in [7, 11) is 0. The third kappa shape index (κ3) is 1.75. The summed E-state index contributed by atoms with van der Waals surface area (Å²) in [5.41, 5.74) is 11.0. The fourth-order valence-corrected chi connectivity index (χ4v) is 2.69. The Morgan fingerprint density at radius 2 is 2.24 bits per heavy atom. The summed E-state index contributed by atoms with van der Waals surface area (Å²) in [6.07, 6.45) is 5.58. The number of rotatable bonds is 1. The number of nitrogens with zero attached hydrogens (tertiary/aromatic N) is 2. The third-order valence-electron chi connectivity index (χ3n) is 3.78. The lowest BCUT2D eigenvalue weighted by atomic mass is 9.78. The summed E-state index contributed by atoms with van der Waals surface area (Å²) < 4.78 is 2.23. The highest BCUT2D eigenvalue weighted by molar-refractivity contribution is 5.45. The van der Waals surface area contributed by atoms with E-state index >= 15 is 0 Å². The largest absolute Gasteiger partial charge is 0.326 e. The molecule has 90 valence electrons. The summed E-state index contributed by atoms with van der Waals surface area (Å²) in [6.45, 7) is 5.26. The summed E-state index contributed by atoms with van der Waals surface area (Å²) in [6, 6.07) is 4.15. The maximum atomic E-state index is 5.71. The number of hydrogen-bond acceptors (Lipinski definition) is 2. The van der Waals surface area contributed by atoms with Crippen molar-refractivity contribution in [2.45, 2.75) is 39.7 Å². The molecule has 0 amide bonds. The van der Waals surface area contributed by atoms with Crippen LogP contribution in [0.25, 0.3) is 5.65 Å². The quantitative estimate of drug-likeness (QED) is 0.815. The molecule has 1 aliphatic carbocycles. The Bertz CT molecular complexity index is 566. The summed E-state index contributed by atoms with van der Waals surface area (Å²) in [5.74, 6) is 0. The van der Waals surface area contributed by atoms with Gasteiger partial charge in [-0.1, -0.05) is 19.9 Å². The molecule has 2 aromatic heterocycles. The summed E-state index contributed by atoms with van der Waals surface area (Å²) in [5, 5.41) is 0. The third-order valence-corrected chi connectivity index (χ3v) is 3.78. The second-order valence-corrected chi connectivity index (χ2v) is 5.82. The van der Waals surface area contributed by atoms with Crippen molar-refractivity contribution >= 4 is 5.65 Å². The number of pyridine rings is 1. The van der Waals surface area contributed by atoms with E-state index in [1.54, 1.807) is 0 Å². The van der Waals surface area contributed by atoms with Gasteiger partial charge in [-0.05, 0) is 36.3 Å². The molecule has 0 fully saturated rings. The van der Waals surface area contributed by atoms with E-state index in [1.165, 1.54) is 23.4 Å². The molecular weight excluding hydrogens is 210 g/mol. The smallest absolute Gasteiger partial charge is 0.137 e. The van der Waals surface area contributed by atoms with Gasteiger partial charge >= 0.3 is 0 Å². The molecule has 2 aromatic rings. The molecule has 0 aliphatic heterocycles. The van der Waals surface area contributed by atoms with Gasteiger partial charge in [-0.2, -0.15) is 0 Å². The fourth-order valence-electron chi connectivity index (χ4n) is 2.69. The molecule has 0 saturated heterocycles. The zero-order valence-electron chi connectivity index (χ0n) is 10.5. The number of imidazole rings is 1. The van der Waals surface area contributed by atoms with Crippen LogP contribution in [0.2, 0.25) is 0 Å². The van der Waals surface area contributed by atoms with Crippen LogP contribution in [0, 0.1) is 5.41 Å². The van der Waals surface area contributed by atoms with Crippen LogP contribution in [0.15, 0.2) is 18.3 Å². The molecule has 0 radical (unpaired) electrons. The molecule has 2 N–H and O–H groups in total. The fraction of sp³-hybridized carbons (Fsp3) is 0.500. The van der Waals surface area contributed by atoms with Gasteiger partial charge in [0.25, 0.3) is 0 Å². The van der Waals surface area contributed by atoms with E-state index in [0.29, 0.717) is 12.0 Å². The van der Waals surface area contributed by atoms with Crippen molar-refractivity contribution in [1.82, 2.24) is 9.38 Å². The lowest BCUT2D eigenvalue weighted by Gasteiger charge is -2.28. The first-order valence-electron chi connectivity index (χ1n) is 6.28. The second-order valence-electron chi connectivity index (χ2n) is 5.82. The van der Waals surface area contributed by atoms with Gasteiger partial charge in [0.15, 0.2) is 0 Å². The monoisotopic (exact) mass is 229 g/mol. The SMILES string of the molecule is CC1(C)CCc2nc3ccc(CN)cn3c2C1. The maximum absolute atomic E-state index is 5.71. The van der Waals surface area contributed by atoms with Gasteiger partial charge < -0.3 is 10.1 Å². The Morgan fingerprint density at radius 1 is 1.41 bits per heavy atom. The molecule has 0 unspecified atom stereocenters. The zero-order valence-corrected chi connectivity index (χ0v) is 10.5. The first kappa shape index (κ1) is 10.8. The lowest BCUT2D eigenvalue weighted by molar-refractivity contribution is 0.309. The van der Waals surface area contributed by atoms with E-state index in [2.05, 4.69) is 36.6 Å². The van der Waals surface area contributed by atoms with Gasteiger partial charge in [0.1, 0.15) is 5.65 Å². The Hall–Kier alpha value is -1.35. The number of aryl methyl sites for hydroxylation is 1. The minimum absolute atomic E-state index is 0.391. The Labute approximate surface area is 102 Å². The highest BCUT2D eigenvalue weighted by Gasteiger charge is 2.28. The standard InChI is InChI=1S/C14H19N3/c1-14(2)6-5-11-12(7-14)17-9-10(8-15)3-4-13(17)16-11/h3-4,9H,5-8,15H2,1-2H3. The van der Waals surface area contributed by atoms with Gasteiger partial charge in [0.2, 0.25) is 0 Å². The van der Waals surface area contributed by atoms with Crippen molar-refractivity contribution in [3.8, 4) is 0 Å². The van der Waals surface area contributed by atoms with E-state index in [1.807, 2.05) is 0 Å². The van der Waals surface area contributed by atoms with Crippen LogP contribution < -0.4 is 5.73 Å². The molecule has 0 bridgehead atoms. The van der Waals surface area contributed by atoms with Gasteiger partial charge in [-0.25, -0.2) is 4.98 Å². The number of fused-ring (bicyclic) bond motifs is 3. The van der Waals surface area contributed by atoms with Crippen LogP contribution in [0.1, 0.15) is 37.2 Å². The Kier molecular flexibility index (Phi) is 2.26. The second kappa shape index (κ2) is 3.57. The first-order chi connectivity index (χ1) is 8.09. The number of hydrogen-bond donors (Lipinski definition) is 1. The average molecular weight is 229 g/mol. The van der Waals surface area contributed by atoms with Crippen molar-refractivity contribution in [2.75, 3.05) is 0 Å². The predicted octanol–water partition coefficient (Wildman–Crippen LogP) is 2.31. The summed E-state index contributed by atoms with van der Waals surface area (Å²) >= 11 is 0. The molecule has 3 heteroatoms. The zero-order chi connectivity index (χ0) is 12.0. The molecule has 0 spiro atoms. The van der Waals surface area contributed by atoms with Crippen molar-refractivity contribution in [2.24, 2.45) is 11.1 Å². The van der Waals surface area contributed by atoms with Crippen LogP contribution in [0.3, 0.4) is 0 Å². The first-order valence-corrected chi connectivity index (χ1v) is 6.28. The van der Waals surface area contributed by atoms with E-state index in [0.717, 1.165) is 18.5 Å². The normalized spacial score (nSPS) is 18.3. The molecule has 0 atom stereocenters. The minimum atomic E-state index is 0.391. The maximum Gasteiger partial charge on any atom is 0.137 e. The molecule has 3 nitrogen and oxygen atoms in total. The molecular formula is C14H19N3. The Balaban J connectivity index is 2.19. The van der Waals surface area contributed by atoms with Crippen LogP contribution in [0.4, 0.5) is 0 Å². The molecule has 3 rings (SSSR count). The van der Waals surface area contributed by atoms with Gasteiger partial charge in [0.05, 0.1) is 5.69 Å². The summed E-state index contributed by atoms with van der Waals surface area (Å²) in [4.78, 5) is 4.72. The van der Waals surface area contributed by atoms with Crippen molar-refractivity contribution in [3.05, 3.63) is 35.3 Å². The van der Waals surface area contributed by atoms with Gasteiger partial charge in [-0.15, -0.1) is 0 Å². The minimum Gasteiger partial charge on any atom is -0.326 e.